The van der Waals surface area contributed by atoms with Crippen LogP contribution in [0.1, 0.15) is 59.3 Å². The van der Waals surface area contributed by atoms with Gasteiger partial charge < -0.3 is 4.90 Å². The molecule has 0 radical (unpaired) electrons. The van der Waals surface area contributed by atoms with Gasteiger partial charge >= 0.3 is 0 Å². The van der Waals surface area contributed by atoms with Crippen LogP contribution in [0.2, 0.25) is 0 Å². The first kappa shape index (κ1) is 15.1. The van der Waals surface area contributed by atoms with Crippen molar-refractivity contribution in [2.24, 2.45) is 0 Å². The van der Waals surface area contributed by atoms with Crippen LogP contribution in [0.15, 0.2) is 35.6 Å². The second-order valence-electron chi connectivity index (χ2n) is 5.28. The van der Waals surface area contributed by atoms with E-state index in [1.54, 1.807) is 0 Å². The van der Waals surface area contributed by atoms with Crippen molar-refractivity contribution < 1.29 is 0 Å². The number of allylic oxidation sites excluding steroid dienone is 5. The number of hydrogen-bond donors (Lipinski definition) is 0. The Hall–Kier alpha value is -0.980. The van der Waals surface area contributed by atoms with Gasteiger partial charge in [-0.05, 0) is 32.3 Å². The Bertz CT molecular complexity index is 302. The lowest BCUT2D eigenvalue weighted by atomic mass is 10.1. The molecule has 0 N–H and O–H groups in total. The van der Waals surface area contributed by atoms with Gasteiger partial charge in [0, 0.05) is 25.2 Å². The van der Waals surface area contributed by atoms with E-state index in [0.717, 1.165) is 6.42 Å². The standard InChI is InChI=1S/C13H19N.C4H10/c1-12-7-3-4-8-13(11-12)14-9-5-2-6-10-14;1-3-4-2/h3-4,7-8H,2,5-6,9-11H2,1H3;3-4H2,1-2H3. The molecule has 0 amide bonds. The highest BCUT2D eigenvalue weighted by Gasteiger charge is 2.13. The van der Waals surface area contributed by atoms with Gasteiger partial charge in [-0.15, -0.1) is 0 Å². The molecular weight excluding hydrogens is 218 g/mol. The van der Waals surface area contributed by atoms with Gasteiger partial charge in [-0.2, -0.15) is 0 Å². The first-order valence-electron chi connectivity index (χ1n) is 7.55. The summed E-state index contributed by atoms with van der Waals surface area (Å²) < 4.78 is 0. The summed E-state index contributed by atoms with van der Waals surface area (Å²) in [4.78, 5) is 2.55. The van der Waals surface area contributed by atoms with E-state index in [-0.39, 0.29) is 0 Å². The lowest BCUT2D eigenvalue weighted by Crippen LogP contribution is -2.29. The van der Waals surface area contributed by atoms with E-state index in [1.807, 2.05) is 0 Å². The summed E-state index contributed by atoms with van der Waals surface area (Å²) in [6.45, 7) is 9.09. The summed E-state index contributed by atoms with van der Waals surface area (Å²) in [5.74, 6) is 0. The summed E-state index contributed by atoms with van der Waals surface area (Å²) >= 11 is 0. The molecule has 0 bridgehead atoms. The van der Waals surface area contributed by atoms with Crippen LogP contribution in [-0.4, -0.2) is 18.0 Å². The molecule has 102 valence electrons. The van der Waals surface area contributed by atoms with Crippen molar-refractivity contribution in [3.63, 3.8) is 0 Å². The van der Waals surface area contributed by atoms with E-state index in [9.17, 15) is 0 Å². The van der Waals surface area contributed by atoms with Crippen LogP contribution in [-0.2, 0) is 0 Å². The predicted octanol–water partition coefficient (Wildman–Crippen LogP) is 5.07. The van der Waals surface area contributed by atoms with Crippen LogP contribution in [0.4, 0.5) is 0 Å². The SMILES string of the molecule is CC1=CC=CC=C(N2CCCCC2)C1.CCCC. The zero-order valence-electron chi connectivity index (χ0n) is 12.4. The Morgan fingerprint density at radius 1 is 0.944 bits per heavy atom. The topological polar surface area (TPSA) is 3.24 Å². The maximum atomic E-state index is 2.55. The molecule has 1 fully saturated rings. The fourth-order valence-electron chi connectivity index (χ4n) is 2.19. The molecule has 0 aromatic carbocycles. The van der Waals surface area contributed by atoms with E-state index < -0.39 is 0 Å². The molecule has 0 atom stereocenters. The van der Waals surface area contributed by atoms with Crippen molar-refractivity contribution >= 4 is 0 Å². The molecule has 1 saturated heterocycles. The third-order valence-electron chi connectivity index (χ3n) is 3.50. The van der Waals surface area contributed by atoms with Crippen molar-refractivity contribution in [2.75, 3.05) is 13.1 Å². The van der Waals surface area contributed by atoms with Crippen LogP contribution in [0.25, 0.3) is 0 Å². The molecule has 1 aliphatic carbocycles. The summed E-state index contributed by atoms with van der Waals surface area (Å²) in [5.41, 5.74) is 2.97. The third-order valence-corrected chi connectivity index (χ3v) is 3.50. The minimum atomic E-state index is 1.13. The molecule has 0 unspecified atom stereocenters. The van der Waals surface area contributed by atoms with Gasteiger partial charge in [0.25, 0.3) is 0 Å². The van der Waals surface area contributed by atoms with Crippen molar-refractivity contribution in [1.29, 1.82) is 0 Å². The highest BCUT2D eigenvalue weighted by atomic mass is 15.1. The van der Waals surface area contributed by atoms with Gasteiger partial charge in [-0.1, -0.05) is 50.5 Å². The molecule has 1 nitrogen and oxygen atoms in total. The number of piperidine rings is 1. The number of rotatable bonds is 2. The van der Waals surface area contributed by atoms with Crippen LogP contribution in [0, 0.1) is 0 Å². The molecule has 0 aromatic heterocycles. The van der Waals surface area contributed by atoms with Gasteiger partial charge in [0.2, 0.25) is 0 Å². The minimum absolute atomic E-state index is 1.13. The molecule has 0 saturated carbocycles. The first-order chi connectivity index (χ1) is 8.77. The summed E-state index contributed by atoms with van der Waals surface area (Å²) in [6, 6.07) is 0. The number of nitrogens with zero attached hydrogens (tertiary/aromatic N) is 1. The van der Waals surface area contributed by atoms with Gasteiger partial charge in [0.15, 0.2) is 0 Å². The molecule has 1 heterocycles. The van der Waals surface area contributed by atoms with Gasteiger partial charge in [0.1, 0.15) is 0 Å². The zero-order valence-corrected chi connectivity index (χ0v) is 12.4. The van der Waals surface area contributed by atoms with E-state index >= 15 is 0 Å². The fraction of sp³-hybridized carbons (Fsp3) is 0.647. The Balaban J connectivity index is 0.000000357. The summed E-state index contributed by atoms with van der Waals surface area (Å²) in [7, 11) is 0. The Morgan fingerprint density at radius 2 is 1.56 bits per heavy atom. The van der Waals surface area contributed by atoms with Crippen molar-refractivity contribution in [3.8, 4) is 0 Å². The highest BCUT2D eigenvalue weighted by molar-refractivity contribution is 5.27. The van der Waals surface area contributed by atoms with Gasteiger partial charge in [-0.3, -0.25) is 0 Å². The first-order valence-corrected chi connectivity index (χ1v) is 7.55. The smallest absolute Gasteiger partial charge is 0.0175 e. The lowest BCUT2D eigenvalue weighted by Gasteiger charge is -2.31. The van der Waals surface area contributed by atoms with Gasteiger partial charge in [0.05, 0.1) is 0 Å². The quantitative estimate of drug-likeness (QED) is 0.658. The molecule has 18 heavy (non-hydrogen) atoms. The van der Waals surface area contributed by atoms with Gasteiger partial charge in [-0.25, -0.2) is 0 Å². The maximum Gasteiger partial charge on any atom is 0.0175 e. The van der Waals surface area contributed by atoms with Crippen LogP contribution in [0.5, 0.6) is 0 Å². The maximum absolute atomic E-state index is 2.55. The monoisotopic (exact) mass is 247 g/mol. The van der Waals surface area contributed by atoms with Crippen molar-refractivity contribution in [1.82, 2.24) is 4.90 Å². The molecule has 0 spiro atoms. The van der Waals surface area contributed by atoms with E-state index in [1.165, 1.54) is 56.5 Å². The van der Waals surface area contributed by atoms with Crippen molar-refractivity contribution in [2.45, 2.75) is 59.3 Å². The average Bonchev–Trinajstić information content (AvgIpc) is 2.65. The Labute approximate surface area is 113 Å². The number of unbranched alkanes of at least 4 members (excludes halogenated alkanes) is 1. The fourth-order valence-corrected chi connectivity index (χ4v) is 2.19. The second kappa shape index (κ2) is 9.02. The Morgan fingerprint density at radius 3 is 2.17 bits per heavy atom. The zero-order chi connectivity index (χ0) is 13.2. The van der Waals surface area contributed by atoms with Crippen LogP contribution >= 0.6 is 0 Å². The van der Waals surface area contributed by atoms with E-state index in [0.29, 0.717) is 0 Å². The number of hydrogen-bond acceptors (Lipinski definition) is 1. The van der Waals surface area contributed by atoms with Crippen LogP contribution < -0.4 is 0 Å². The molecule has 2 rings (SSSR count). The van der Waals surface area contributed by atoms with E-state index in [2.05, 4.69) is 50.0 Å². The summed E-state index contributed by atoms with van der Waals surface area (Å²) in [6.07, 6.45) is 16.7. The van der Waals surface area contributed by atoms with Crippen molar-refractivity contribution in [3.05, 3.63) is 35.6 Å². The molecular formula is C17H29N. The predicted molar refractivity (Wildman–Crippen MR) is 81.6 cm³/mol. The number of likely N-dealkylation sites (tertiary alicyclic amines) is 1. The Kier molecular flexibility index (Phi) is 7.55. The molecule has 0 aromatic rings. The average molecular weight is 247 g/mol. The molecule has 2 aliphatic rings. The lowest BCUT2D eigenvalue weighted by molar-refractivity contribution is 0.280. The normalized spacial score (nSPS) is 19.4. The van der Waals surface area contributed by atoms with Crippen LogP contribution in [0.3, 0.4) is 0 Å². The summed E-state index contributed by atoms with van der Waals surface area (Å²) in [5, 5.41) is 0. The molecule has 1 heteroatoms. The minimum Gasteiger partial charge on any atom is -0.375 e. The largest absolute Gasteiger partial charge is 0.375 e. The third kappa shape index (κ3) is 5.57. The van der Waals surface area contributed by atoms with E-state index in [4.69, 9.17) is 0 Å². The highest BCUT2D eigenvalue weighted by Crippen LogP contribution is 2.21. The second-order valence-corrected chi connectivity index (χ2v) is 5.28. The molecule has 1 aliphatic heterocycles.